The van der Waals surface area contributed by atoms with Crippen LogP contribution in [0.5, 0.6) is 0 Å². The van der Waals surface area contributed by atoms with Gasteiger partial charge in [-0.25, -0.2) is 0 Å². The Hall–Kier alpha value is -0.530. The molecule has 2 nitrogen and oxygen atoms in total. The van der Waals surface area contributed by atoms with Crippen LogP contribution in [0.2, 0.25) is 0 Å². The van der Waals surface area contributed by atoms with Crippen LogP contribution < -0.4 is 0 Å². The van der Waals surface area contributed by atoms with Gasteiger partial charge in [0.25, 0.3) is 0 Å². The Morgan fingerprint density at radius 2 is 1.81 bits per heavy atom. The molecule has 4 aliphatic carbocycles. The SMILES string of the molecule is CCC(C)(C)C(=O)OC(C)(C)C12CC3CC4CC(C1)C42C3. The molecule has 2 bridgehead atoms. The van der Waals surface area contributed by atoms with Crippen molar-refractivity contribution in [1.29, 1.82) is 0 Å². The van der Waals surface area contributed by atoms with E-state index >= 15 is 0 Å². The first-order chi connectivity index (χ1) is 9.68. The summed E-state index contributed by atoms with van der Waals surface area (Å²) in [6.45, 7) is 10.5. The summed E-state index contributed by atoms with van der Waals surface area (Å²) in [5.74, 6) is 2.82. The fourth-order valence-corrected chi connectivity index (χ4v) is 6.85. The second kappa shape index (κ2) is 3.68. The van der Waals surface area contributed by atoms with Gasteiger partial charge in [0.05, 0.1) is 5.41 Å². The lowest BCUT2D eigenvalue weighted by molar-refractivity contribution is -0.310. The molecule has 0 aromatic rings. The zero-order chi connectivity index (χ0) is 15.3. The maximum Gasteiger partial charge on any atom is 0.312 e. The second-order valence-electron chi connectivity index (χ2n) is 9.60. The van der Waals surface area contributed by atoms with Crippen LogP contribution in [0.15, 0.2) is 0 Å². The van der Waals surface area contributed by atoms with E-state index in [9.17, 15) is 4.79 Å². The Bertz CT molecular complexity index is 506. The van der Waals surface area contributed by atoms with E-state index in [0.29, 0.717) is 10.8 Å². The average Bonchev–Trinajstić information content (AvgIpc) is 2.86. The van der Waals surface area contributed by atoms with E-state index in [2.05, 4.69) is 20.8 Å². The van der Waals surface area contributed by atoms with Crippen molar-refractivity contribution in [2.24, 2.45) is 34.0 Å². The molecule has 0 heterocycles. The van der Waals surface area contributed by atoms with Gasteiger partial charge in [-0.1, -0.05) is 6.92 Å². The number of esters is 1. The number of hydrogen-bond donors (Lipinski definition) is 0. The summed E-state index contributed by atoms with van der Waals surface area (Å²) in [6, 6.07) is 0. The van der Waals surface area contributed by atoms with Crippen LogP contribution in [0, 0.1) is 34.0 Å². The molecule has 0 saturated heterocycles. The number of carbonyl (C=O) groups is 1. The van der Waals surface area contributed by atoms with Crippen molar-refractivity contribution in [1.82, 2.24) is 0 Å². The number of hydrogen-bond acceptors (Lipinski definition) is 2. The summed E-state index contributed by atoms with van der Waals surface area (Å²) in [6.07, 6.45) is 7.82. The van der Waals surface area contributed by atoms with Gasteiger partial charge < -0.3 is 4.74 Å². The van der Waals surface area contributed by atoms with Crippen molar-refractivity contribution in [3.63, 3.8) is 0 Å². The molecular formula is C19H30O2. The van der Waals surface area contributed by atoms with Crippen LogP contribution in [-0.2, 0) is 9.53 Å². The Balaban J connectivity index is 1.60. The molecule has 21 heavy (non-hydrogen) atoms. The van der Waals surface area contributed by atoms with E-state index in [1.54, 1.807) is 0 Å². The van der Waals surface area contributed by atoms with E-state index in [4.69, 9.17) is 4.74 Å². The highest BCUT2D eigenvalue weighted by Crippen LogP contribution is 2.88. The van der Waals surface area contributed by atoms with Crippen molar-refractivity contribution in [3.05, 3.63) is 0 Å². The quantitative estimate of drug-likeness (QED) is 0.709. The van der Waals surface area contributed by atoms with Gasteiger partial charge in [0, 0.05) is 5.41 Å². The fraction of sp³-hybridized carbons (Fsp3) is 0.947. The molecule has 118 valence electrons. The topological polar surface area (TPSA) is 26.3 Å². The molecule has 5 unspecified atom stereocenters. The van der Waals surface area contributed by atoms with Crippen LogP contribution in [0.4, 0.5) is 0 Å². The molecule has 0 N–H and O–H groups in total. The Labute approximate surface area is 129 Å². The van der Waals surface area contributed by atoms with Gasteiger partial charge in [-0.05, 0) is 89.4 Å². The van der Waals surface area contributed by atoms with Crippen molar-refractivity contribution < 1.29 is 9.53 Å². The smallest absolute Gasteiger partial charge is 0.312 e. The van der Waals surface area contributed by atoms with Crippen LogP contribution >= 0.6 is 0 Å². The Kier molecular flexibility index (Phi) is 2.47. The molecule has 0 amide bonds. The van der Waals surface area contributed by atoms with Gasteiger partial charge in [-0.3, -0.25) is 4.79 Å². The number of ether oxygens (including phenoxy) is 1. The average molecular weight is 290 g/mol. The highest BCUT2D eigenvalue weighted by molar-refractivity contribution is 5.76. The van der Waals surface area contributed by atoms with E-state index in [1.807, 2.05) is 13.8 Å². The van der Waals surface area contributed by atoms with Gasteiger partial charge in [-0.15, -0.1) is 0 Å². The van der Waals surface area contributed by atoms with Crippen LogP contribution in [-0.4, -0.2) is 11.6 Å². The molecule has 4 saturated carbocycles. The lowest BCUT2D eigenvalue weighted by Gasteiger charge is -2.76. The molecule has 0 radical (unpaired) electrons. The van der Waals surface area contributed by atoms with Gasteiger partial charge in [0.2, 0.25) is 0 Å². The third kappa shape index (κ3) is 1.34. The summed E-state index contributed by atoms with van der Waals surface area (Å²) in [4.78, 5) is 12.6. The van der Waals surface area contributed by atoms with E-state index in [-0.39, 0.29) is 17.0 Å². The summed E-state index contributed by atoms with van der Waals surface area (Å²) in [5, 5.41) is 0. The largest absolute Gasteiger partial charge is 0.459 e. The summed E-state index contributed by atoms with van der Waals surface area (Å²) in [5.41, 5.74) is 0.222. The predicted octanol–water partition coefficient (Wildman–Crippen LogP) is 4.57. The van der Waals surface area contributed by atoms with Crippen molar-refractivity contribution in [3.8, 4) is 0 Å². The number of fused-ring (bicyclic) bond motifs is 1. The van der Waals surface area contributed by atoms with E-state index < -0.39 is 0 Å². The highest BCUT2D eigenvalue weighted by atomic mass is 16.6. The molecule has 4 fully saturated rings. The van der Waals surface area contributed by atoms with Gasteiger partial charge in [0.15, 0.2) is 0 Å². The fourth-order valence-electron chi connectivity index (χ4n) is 6.85. The van der Waals surface area contributed by atoms with E-state index in [0.717, 1.165) is 24.2 Å². The standard InChI is InChI=1S/C19H30O2/c1-6-16(2,3)15(20)21-17(4,5)18-9-12-7-13-8-14(11-18)19(13,18)10-12/h12-14H,6-11H2,1-5H3. The maximum absolute atomic E-state index is 12.6. The third-order valence-corrected chi connectivity index (χ3v) is 8.33. The van der Waals surface area contributed by atoms with Gasteiger partial charge in [-0.2, -0.15) is 0 Å². The predicted molar refractivity (Wildman–Crippen MR) is 82.7 cm³/mol. The first kappa shape index (κ1) is 14.1. The lowest BCUT2D eigenvalue weighted by atomic mass is 9.29. The maximum atomic E-state index is 12.6. The molecule has 4 aliphatic rings. The molecule has 0 aromatic heterocycles. The monoisotopic (exact) mass is 290 g/mol. The zero-order valence-corrected chi connectivity index (χ0v) is 14.3. The molecule has 2 heteroatoms. The van der Waals surface area contributed by atoms with Crippen molar-refractivity contribution >= 4 is 5.97 Å². The van der Waals surface area contributed by atoms with Crippen molar-refractivity contribution in [2.45, 2.75) is 78.7 Å². The molecule has 1 spiro atoms. The molecule has 0 aliphatic heterocycles. The van der Waals surface area contributed by atoms with Crippen molar-refractivity contribution in [2.75, 3.05) is 0 Å². The van der Waals surface area contributed by atoms with Crippen LogP contribution in [0.3, 0.4) is 0 Å². The summed E-state index contributed by atoms with van der Waals surface area (Å²) in [7, 11) is 0. The lowest BCUT2D eigenvalue weighted by Crippen LogP contribution is -2.73. The molecule has 0 aromatic carbocycles. The minimum absolute atomic E-state index is 0.00266. The molecule has 4 rings (SSSR count). The third-order valence-electron chi connectivity index (χ3n) is 8.33. The second-order valence-corrected chi connectivity index (χ2v) is 9.60. The summed E-state index contributed by atoms with van der Waals surface area (Å²) < 4.78 is 6.18. The zero-order valence-electron chi connectivity index (χ0n) is 14.3. The van der Waals surface area contributed by atoms with Crippen LogP contribution in [0.1, 0.15) is 73.1 Å². The number of rotatable bonds is 4. The normalized spacial score (nSPS) is 46.6. The first-order valence-corrected chi connectivity index (χ1v) is 8.92. The number of carbonyl (C=O) groups excluding carboxylic acids is 1. The molecular weight excluding hydrogens is 260 g/mol. The summed E-state index contributed by atoms with van der Waals surface area (Å²) >= 11 is 0. The Morgan fingerprint density at radius 1 is 1.10 bits per heavy atom. The Morgan fingerprint density at radius 3 is 2.38 bits per heavy atom. The minimum atomic E-state index is -0.356. The van der Waals surface area contributed by atoms with Gasteiger partial charge in [0.1, 0.15) is 5.60 Å². The minimum Gasteiger partial charge on any atom is -0.459 e. The molecule has 5 atom stereocenters. The van der Waals surface area contributed by atoms with E-state index in [1.165, 1.54) is 32.1 Å². The first-order valence-electron chi connectivity index (χ1n) is 8.92. The van der Waals surface area contributed by atoms with Gasteiger partial charge >= 0.3 is 5.97 Å². The van der Waals surface area contributed by atoms with Crippen LogP contribution in [0.25, 0.3) is 0 Å². The highest BCUT2D eigenvalue weighted by Gasteiger charge is 2.84.